The van der Waals surface area contributed by atoms with Crippen LogP contribution in [0.25, 0.3) is 0 Å². The lowest BCUT2D eigenvalue weighted by molar-refractivity contribution is 0.0923. The molecule has 0 aliphatic carbocycles. The fourth-order valence-corrected chi connectivity index (χ4v) is 3.17. The van der Waals surface area contributed by atoms with Gasteiger partial charge in [0.25, 0.3) is 6.02 Å². The van der Waals surface area contributed by atoms with Gasteiger partial charge in [-0.3, -0.25) is 0 Å². The Hall–Kier alpha value is -2.15. The van der Waals surface area contributed by atoms with Crippen LogP contribution in [0.2, 0.25) is 0 Å². The zero-order valence-corrected chi connectivity index (χ0v) is 13.4. The second kappa shape index (κ2) is 6.16. The van der Waals surface area contributed by atoms with E-state index < -0.39 is 17.5 Å². The Morgan fingerprint density at radius 1 is 1.48 bits per heavy atom. The predicted octanol–water partition coefficient (Wildman–Crippen LogP) is 3.40. The smallest absolute Gasteiger partial charge is 0.283 e. The molecule has 1 aliphatic rings. The maximum atomic E-state index is 14.3. The summed E-state index contributed by atoms with van der Waals surface area (Å²) in [7, 11) is 0. The molecule has 0 saturated carbocycles. The van der Waals surface area contributed by atoms with Crippen molar-refractivity contribution < 1.29 is 13.5 Å². The third-order valence-electron chi connectivity index (χ3n) is 3.92. The van der Waals surface area contributed by atoms with Crippen LogP contribution in [0, 0.1) is 5.82 Å². The van der Waals surface area contributed by atoms with Crippen molar-refractivity contribution in [2.75, 3.05) is 11.9 Å². The van der Waals surface area contributed by atoms with Crippen LogP contribution in [0.4, 0.5) is 14.5 Å². The molecule has 0 amide bonds. The van der Waals surface area contributed by atoms with E-state index in [0.717, 1.165) is 5.56 Å². The molecule has 0 radical (unpaired) electrons. The molecule has 0 saturated heterocycles. The molecular formula is C16H17F2N3OS. The van der Waals surface area contributed by atoms with Crippen molar-refractivity contribution in [3.63, 3.8) is 0 Å². The fraction of sp³-hybridized carbons (Fsp3) is 0.312. The van der Waals surface area contributed by atoms with Gasteiger partial charge in [0.05, 0.1) is 0 Å². The molecule has 2 unspecified atom stereocenters. The second-order valence-corrected chi connectivity index (χ2v) is 6.34. The van der Waals surface area contributed by atoms with Crippen molar-refractivity contribution in [3.05, 3.63) is 52.0 Å². The first-order chi connectivity index (χ1) is 11.0. The van der Waals surface area contributed by atoms with Crippen LogP contribution in [-0.4, -0.2) is 18.8 Å². The Kier molecular flexibility index (Phi) is 4.21. The van der Waals surface area contributed by atoms with Crippen molar-refractivity contribution in [2.45, 2.75) is 25.2 Å². The summed E-state index contributed by atoms with van der Waals surface area (Å²) in [5.41, 5.74) is 6.13. The summed E-state index contributed by atoms with van der Waals surface area (Å²) in [5, 5.41) is 7.22. The molecule has 7 heteroatoms. The molecule has 1 aromatic carbocycles. The topological polar surface area (TPSA) is 59.6 Å². The summed E-state index contributed by atoms with van der Waals surface area (Å²) in [5.74, 6) is -0.519. The van der Waals surface area contributed by atoms with Crippen LogP contribution in [-0.2, 0) is 16.8 Å². The molecule has 0 fully saturated rings. The lowest BCUT2D eigenvalue weighted by Crippen LogP contribution is -2.43. The van der Waals surface area contributed by atoms with Crippen LogP contribution in [0.15, 0.2) is 40.0 Å². The fourth-order valence-electron chi connectivity index (χ4n) is 2.50. The zero-order valence-electron chi connectivity index (χ0n) is 12.6. The molecule has 3 N–H and O–H groups in total. The third-order valence-corrected chi connectivity index (χ3v) is 4.65. The predicted molar refractivity (Wildman–Crippen MR) is 87.9 cm³/mol. The van der Waals surface area contributed by atoms with Crippen molar-refractivity contribution in [1.29, 1.82) is 0 Å². The molecule has 4 nitrogen and oxygen atoms in total. The Bertz CT molecular complexity index is 720. The molecule has 0 spiro atoms. The molecule has 2 atom stereocenters. The highest BCUT2D eigenvalue weighted by Gasteiger charge is 2.42. The number of alkyl halides is 1. The minimum Gasteiger partial charge on any atom is -0.462 e. The number of thiophene rings is 1. The van der Waals surface area contributed by atoms with Crippen molar-refractivity contribution in [2.24, 2.45) is 10.7 Å². The van der Waals surface area contributed by atoms with Gasteiger partial charge in [0.15, 0.2) is 6.17 Å². The monoisotopic (exact) mass is 337 g/mol. The molecule has 1 aliphatic heterocycles. The number of amidine groups is 1. The first-order valence-electron chi connectivity index (χ1n) is 7.16. The van der Waals surface area contributed by atoms with E-state index in [1.807, 2.05) is 16.8 Å². The third kappa shape index (κ3) is 3.14. The summed E-state index contributed by atoms with van der Waals surface area (Å²) >= 11 is 1.61. The number of nitrogens with one attached hydrogen (secondary N) is 1. The Balaban J connectivity index is 1.89. The van der Waals surface area contributed by atoms with Crippen LogP contribution >= 0.6 is 11.3 Å². The minimum atomic E-state index is -1.48. The second-order valence-electron chi connectivity index (χ2n) is 5.56. The van der Waals surface area contributed by atoms with Gasteiger partial charge in [0, 0.05) is 17.8 Å². The summed E-state index contributed by atoms with van der Waals surface area (Å²) in [6.07, 6.45) is -1.48. The van der Waals surface area contributed by atoms with Gasteiger partial charge in [-0.2, -0.15) is 11.3 Å². The number of hydrogen-bond acceptors (Lipinski definition) is 5. The highest BCUT2D eigenvalue weighted by molar-refractivity contribution is 7.07. The van der Waals surface area contributed by atoms with Gasteiger partial charge >= 0.3 is 0 Å². The molecule has 23 heavy (non-hydrogen) atoms. The molecule has 3 rings (SSSR count). The van der Waals surface area contributed by atoms with Crippen LogP contribution in [0.3, 0.4) is 0 Å². The van der Waals surface area contributed by atoms with Gasteiger partial charge in [0.1, 0.15) is 18.0 Å². The van der Waals surface area contributed by atoms with Crippen LogP contribution in [0.1, 0.15) is 18.1 Å². The van der Waals surface area contributed by atoms with E-state index in [1.54, 1.807) is 23.5 Å². The van der Waals surface area contributed by atoms with Gasteiger partial charge in [-0.15, -0.1) is 0 Å². The average Bonchev–Trinajstić information content (AvgIpc) is 3.04. The number of aliphatic imine (C=N–C) groups is 1. The molecule has 122 valence electrons. The van der Waals surface area contributed by atoms with Crippen molar-refractivity contribution in [3.8, 4) is 0 Å². The summed E-state index contributed by atoms with van der Waals surface area (Å²) < 4.78 is 33.5. The first kappa shape index (κ1) is 15.7. The highest BCUT2D eigenvalue weighted by atomic mass is 32.1. The number of rotatable bonds is 4. The number of nitrogens with zero attached hydrogens (tertiary/aromatic N) is 1. The first-order valence-corrected chi connectivity index (χ1v) is 8.10. The number of benzene rings is 1. The van der Waals surface area contributed by atoms with Gasteiger partial charge in [-0.25, -0.2) is 13.8 Å². The van der Waals surface area contributed by atoms with E-state index in [9.17, 15) is 8.78 Å². The molecular weight excluding hydrogens is 320 g/mol. The van der Waals surface area contributed by atoms with Crippen LogP contribution < -0.4 is 11.1 Å². The van der Waals surface area contributed by atoms with Gasteiger partial charge < -0.3 is 15.8 Å². The number of anilines is 1. The van der Waals surface area contributed by atoms with Gasteiger partial charge in [-0.05, 0) is 47.5 Å². The Morgan fingerprint density at radius 3 is 3.04 bits per heavy atom. The molecule has 0 bridgehead atoms. The highest BCUT2D eigenvalue weighted by Crippen LogP contribution is 2.37. The van der Waals surface area contributed by atoms with E-state index >= 15 is 0 Å². The summed E-state index contributed by atoms with van der Waals surface area (Å²) in [4.78, 5) is 4.01. The van der Waals surface area contributed by atoms with E-state index in [1.165, 1.54) is 13.0 Å². The number of hydrogen-bond donors (Lipinski definition) is 2. The van der Waals surface area contributed by atoms with Crippen molar-refractivity contribution in [1.82, 2.24) is 0 Å². The summed E-state index contributed by atoms with van der Waals surface area (Å²) in [6, 6.07) is 6.39. The lowest BCUT2D eigenvalue weighted by Gasteiger charge is -2.33. The van der Waals surface area contributed by atoms with Crippen LogP contribution in [0.5, 0.6) is 0 Å². The number of ether oxygens (including phenoxy) is 1. The lowest BCUT2D eigenvalue weighted by atomic mass is 9.86. The standard InChI is InChI=1S/C16H17F2N3OS/c1-16(14(18)8-22-15(19)21-16)12-6-11(2-3-13(12)17)20-7-10-4-5-23-9-10/h2-6,9,14,20H,7-8H2,1H3,(H2,19,21). The molecule has 1 aromatic heterocycles. The van der Waals surface area contributed by atoms with Crippen molar-refractivity contribution >= 4 is 23.0 Å². The Labute approximate surface area is 137 Å². The van der Waals surface area contributed by atoms with Gasteiger partial charge in [-0.1, -0.05) is 0 Å². The Morgan fingerprint density at radius 2 is 2.30 bits per heavy atom. The van der Waals surface area contributed by atoms with E-state index in [4.69, 9.17) is 10.5 Å². The summed E-state index contributed by atoms with van der Waals surface area (Å²) in [6.45, 7) is 1.89. The molecule has 2 aromatic rings. The quantitative estimate of drug-likeness (QED) is 0.899. The maximum absolute atomic E-state index is 14.3. The largest absolute Gasteiger partial charge is 0.462 e. The van der Waals surface area contributed by atoms with Gasteiger partial charge in [0.2, 0.25) is 0 Å². The van der Waals surface area contributed by atoms with E-state index in [2.05, 4.69) is 10.3 Å². The average molecular weight is 337 g/mol. The minimum absolute atomic E-state index is 0.127. The zero-order chi connectivity index (χ0) is 16.4. The van der Waals surface area contributed by atoms with E-state index in [0.29, 0.717) is 12.2 Å². The number of nitrogens with two attached hydrogens (primary N) is 1. The molecule has 2 heterocycles. The van der Waals surface area contributed by atoms with E-state index in [-0.39, 0.29) is 18.2 Å². The maximum Gasteiger partial charge on any atom is 0.283 e. The normalized spacial score (nSPS) is 24.0. The SMILES string of the molecule is CC1(c2cc(NCc3ccsc3)ccc2F)N=C(N)OCC1F. The number of halogens is 2.